The third-order valence-electron chi connectivity index (χ3n) is 3.68. The van der Waals surface area contributed by atoms with Crippen LogP contribution in [-0.4, -0.2) is 22.2 Å². The normalized spacial score (nSPS) is 23.5. The predicted octanol–water partition coefficient (Wildman–Crippen LogP) is 3.38. The zero-order chi connectivity index (χ0) is 13.2. The number of nitrogens with one attached hydrogen (secondary N) is 1. The van der Waals surface area contributed by atoms with E-state index < -0.39 is 0 Å². The molecule has 0 bridgehead atoms. The summed E-state index contributed by atoms with van der Waals surface area (Å²) in [6, 6.07) is 4.14. The number of phenolic OH excluding ortho intramolecular Hbond substituents is 1. The van der Waals surface area contributed by atoms with Crippen LogP contribution in [-0.2, 0) is 6.54 Å². The van der Waals surface area contributed by atoms with Gasteiger partial charge >= 0.3 is 0 Å². The van der Waals surface area contributed by atoms with E-state index in [-0.39, 0.29) is 0 Å². The van der Waals surface area contributed by atoms with E-state index in [0.29, 0.717) is 10.5 Å². The zero-order valence-corrected chi connectivity index (χ0v) is 12.4. The number of hydrogen-bond donors (Lipinski definition) is 2. The van der Waals surface area contributed by atoms with Gasteiger partial charge < -0.3 is 10.4 Å². The molecule has 1 aromatic rings. The van der Waals surface area contributed by atoms with Crippen molar-refractivity contribution in [3.05, 3.63) is 28.8 Å². The summed E-state index contributed by atoms with van der Waals surface area (Å²) in [4.78, 5) is 0. The van der Waals surface area contributed by atoms with Crippen LogP contribution in [0.25, 0.3) is 0 Å². The molecule has 1 aliphatic heterocycles. The fourth-order valence-electron chi connectivity index (χ4n) is 2.60. The molecule has 1 atom stereocenters. The SMILES string of the molecule is Cc1cc(CNCC2(C)CCCS2)cc(C)c1O. The van der Waals surface area contributed by atoms with E-state index in [1.807, 2.05) is 13.8 Å². The van der Waals surface area contributed by atoms with Crippen molar-refractivity contribution in [1.82, 2.24) is 5.32 Å². The van der Waals surface area contributed by atoms with Crippen molar-refractivity contribution in [3.63, 3.8) is 0 Å². The Morgan fingerprint density at radius 2 is 2.00 bits per heavy atom. The topological polar surface area (TPSA) is 32.3 Å². The monoisotopic (exact) mass is 265 g/mol. The van der Waals surface area contributed by atoms with E-state index >= 15 is 0 Å². The minimum absolute atomic E-state index is 0.418. The summed E-state index contributed by atoms with van der Waals surface area (Å²) in [7, 11) is 0. The maximum Gasteiger partial charge on any atom is 0.121 e. The standard InChI is InChI=1S/C15H23NOS/c1-11-7-13(8-12(2)14(11)17)9-16-10-15(3)5-4-6-18-15/h7-8,16-17H,4-6,9-10H2,1-3H3. The van der Waals surface area contributed by atoms with Gasteiger partial charge in [-0.25, -0.2) is 0 Å². The fourth-order valence-corrected chi connectivity index (χ4v) is 3.87. The third-order valence-corrected chi connectivity index (χ3v) is 5.22. The highest BCUT2D eigenvalue weighted by Crippen LogP contribution is 2.37. The second kappa shape index (κ2) is 5.54. The lowest BCUT2D eigenvalue weighted by Gasteiger charge is -2.23. The van der Waals surface area contributed by atoms with Crippen LogP contribution in [0.4, 0.5) is 0 Å². The molecule has 0 radical (unpaired) electrons. The van der Waals surface area contributed by atoms with Gasteiger partial charge in [-0.1, -0.05) is 12.1 Å². The molecule has 2 N–H and O–H groups in total. The van der Waals surface area contributed by atoms with Crippen LogP contribution in [0.2, 0.25) is 0 Å². The Balaban J connectivity index is 1.90. The maximum atomic E-state index is 9.75. The van der Waals surface area contributed by atoms with Gasteiger partial charge in [0.1, 0.15) is 5.75 Å². The fraction of sp³-hybridized carbons (Fsp3) is 0.600. The van der Waals surface area contributed by atoms with Crippen LogP contribution in [0.5, 0.6) is 5.75 Å². The Bertz CT molecular complexity index is 401. The van der Waals surface area contributed by atoms with Gasteiger partial charge in [0.25, 0.3) is 0 Å². The van der Waals surface area contributed by atoms with Gasteiger partial charge in [0, 0.05) is 17.8 Å². The molecule has 3 heteroatoms. The molecule has 0 spiro atoms. The molecule has 18 heavy (non-hydrogen) atoms. The van der Waals surface area contributed by atoms with E-state index in [9.17, 15) is 5.11 Å². The minimum atomic E-state index is 0.418. The number of aromatic hydroxyl groups is 1. The van der Waals surface area contributed by atoms with Crippen LogP contribution in [0, 0.1) is 13.8 Å². The summed E-state index contributed by atoms with van der Waals surface area (Å²) >= 11 is 2.09. The summed E-state index contributed by atoms with van der Waals surface area (Å²) in [5, 5.41) is 13.3. The summed E-state index contributed by atoms with van der Waals surface area (Å²) in [5.74, 6) is 1.73. The number of phenols is 1. The number of thioether (sulfide) groups is 1. The zero-order valence-electron chi connectivity index (χ0n) is 11.5. The van der Waals surface area contributed by atoms with Crippen LogP contribution in [0.1, 0.15) is 36.5 Å². The molecule has 0 aromatic heterocycles. The highest BCUT2D eigenvalue weighted by atomic mass is 32.2. The molecular weight excluding hydrogens is 242 g/mol. The highest BCUT2D eigenvalue weighted by Gasteiger charge is 2.28. The van der Waals surface area contributed by atoms with Gasteiger partial charge in [0.15, 0.2) is 0 Å². The Hall–Kier alpha value is -0.670. The van der Waals surface area contributed by atoms with Crippen molar-refractivity contribution >= 4 is 11.8 Å². The molecule has 0 amide bonds. The molecule has 1 aromatic carbocycles. The quantitative estimate of drug-likeness (QED) is 0.875. The van der Waals surface area contributed by atoms with Gasteiger partial charge in [-0.05, 0) is 56.1 Å². The lowest BCUT2D eigenvalue weighted by Crippen LogP contribution is -2.32. The third kappa shape index (κ3) is 3.21. The number of rotatable bonds is 4. The van der Waals surface area contributed by atoms with Crippen molar-refractivity contribution in [2.45, 2.75) is 44.9 Å². The van der Waals surface area contributed by atoms with Gasteiger partial charge in [0.05, 0.1) is 0 Å². The summed E-state index contributed by atoms with van der Waals surface area (Å²) < 4.78 is 0.418. The molecule has 1 fully saturated rings. The average Bonchev–Trinajstić information content (AvgIpc) is 2.73. The largest absolute Gasteiger partial charge is 0.507 e. The Morgan fingerprint density at radius 1 is 1.33 bits per heavy atom. The van der Waals surface area contributed by atoms with Crippen LogP contribution >= 0.6 is 11.8 Å². The molecule has 2 nitrogen and oxygen atoms in total. The second-order valence-electron chi connectivity index (χ2n) is 5.58. The Morgan fingerprint density at radius 3 is 2.56 bits per heavy atom. The lowest BCUT2D eigenvalue weighted by atomic mass is 10.0. The van der Waals surface area contributed by atoms with E-state index in [2.05, 4.69) is 36.1 Å². The summed E-state index contributed by atoms with van der Waals surface area (Å²) in [6.45, 7) is 8.22. The minimum Gasteiger partial charge on any atom is -0.507 e. The van der Waals surface area contributed by atoms with Gasteiger partial charge in [-0.3, -0.25) is 0 Å². The molecule has 1 unspecified atom stereocenters. The highest BCUT2D eigenvalue weighted by molar-refractivity contribution is 8.00. The van der Waals surface area contributed by atoms with Gasteiger partial charge in [-0.15, -0.1) is 0 Å². The summed E-state index contributed by atoms with van der Waals surface area (Å²) in [6.07, 6.45) is 2.67. The van der Waals surface area contributed by atoms with E-state index in [1.54, 1.807) is 0 Å². The number of hydrogen-bond acceptors (Lipinski definition) is 3. The summed E-state index contributed by atoms with van der Waals surface area (Å²) in [5.41, 5.74) is 3.19. The Labute approximate surface area is 114 Å². The molecule has 0 aliphatic carbocycles. The predicted molar refractivity (Wildman–Crippen MR) is 79.4 cm³/mol. The van der Waals surface area contributed by atoms with Crippen LogP contribution in [0.15, 0.2) is 12.1 Å². The van der Waals surface area contributed by atoms with E-state index in [1.165, 1.54) is 24.2 Å². The van der Waals surface area contributed by atoms with Crippen LogP contribution in [0.3, 0.4) is 0 Å². The average molecular weight is 265 g/mol. The molecule has 1 heterocycles. The van der Waals surface area contributed by atoms with Gasteiger partial charge in [-0.2, -0.15) is 11.8 Å². The maximum absolute atomic E-state index is 9.75. The van der Waals surface area contributed by atoms with E-state index in [0.717, 1.165) is 24.2 Å². The first-order valence-electron chi connectivity index (χ1n) is 6.64. The number of benzene rings is 1. The number of aryl methyl sites for hydroxylation is 2. The molecule has 1 aliphatic rings. The van der Waals surface area contributed by atoms with Crippen molar-refractivity contribution in [2.24, 2.45) is 0 Å². The smallest absolute Gasteiger partial charge is 0.121 e. The van der Waals surface area contributed by atoms with Crippen molar-refractivity contribution in [1.29, 1.82) is 0 Å². The first kappa shape index (κ1) is 13.8. The van der Waals surface area contributed by atoms with Crippen molar-refractivity contribution in [3.8, 4) is 5.75 Å². The second-order valence-corrected chi connectivity index (χ2v) is 7.27. The molecular formula is C15H23NOS. The van der Waals surface area contributed by atoms with Gasteiger partial charge in [0.2, 0.25) is 0 Å². The lowest BCUT2D eigenvalue weighted by molar-refractivity contribution is 0.466. The molecule has 1 saturated heterocycles. The van der Waals surface area contributed by atoms with Crippen molar-refractivity contribution in [2.75, 3.05) is 12.3 Å². The molecule has 100 valence electrons. The van der Waals surface area contributed by atoms with E-state index in [4.69, 9.17) is 0 Å². The first-order valence-corrected chi connectivity index (χ1v) is 7.62. The Kier molecular flexibility index (Phi) is 4.23. The van der Waals surface area contributed by atoms with Crippen LogP contribution < -0.4 is 5.32 Å². The van der Waals surface area contributed by atoms with Crippen molar-refractivity contribution < 1.29 is 5.11 Å². The molecule has 0 saturated carbocycles. The first-order chi connectivity index (χ1) is 8.50. The molecule has 2 rings (SSSR count).